The largest absolute Gasteiger partial charge is 0.313 e. The molecule has 0 bridgehead atoms. The molecule has 0 fully saturated rings. The summed E-state index contributed by atoms with van der Waals surface area (Å²) in [7, 11) is 0. The van der Waals surface area contributed by atoms with Crippen LogP contribution in [0.3, 0.4) is 0 Å². The van der Waals surface area contributed by atoms with E-state index in [1.54, 1.807) is 0 Å². The van der Waals surface area contributed by atoms with Gasteiger partial charge in [-0.05, 0) is 36.9 Å². The fourth-order valence-corrected chi connectivity index (χ4v) is 3.24. The molecule has 0 N–H and O–H groups in total. The molecule has 0 atom stereocenters. The third-order valence-corrected chi connectivity index (χ3v) is 4.43. The van der Waals surface area contributed by atoms with Crippen LogP contribution in [0.15, 0.2) is 66.7 Å². The van der Waals surface area contributed by atoms with Crippen molar-refractivity contribution in [1.29, 1.82) is 0 Å². The second-order valence-corrected chi connectivity index (χ2v) is 5.56. The van der Waals surface area contributed by atoms with Gasteiger partial charge in [0, 0.05) is 16.5 Å². The Hall–Kier alpha value is -2.54. The number of benzene rings is 3. The minimum atomic E-state index is 1.26. The van der Waals surface area contributed by atoms with Gasteiger partial charge in [-0.25, -0.2) is 0 Å². The van der Waals surface area contributed by atoms with E-state index in [1.807, 2.05) is 0 Å². The molecule has 0 aliphatic carbocycles. The van der Waals surface area contributed by atoms with Crippen LogP contribution in [-0.4, -0.2) is 4.57 Å². The highest BCUT2D eigenvalue weighted by Crippen LogP contribution is 2.31. The molecule has 0 saturated heterocycles. The zero-order valence-electron chi connectivity index (χ0n) is 12.3. The monoisotopic (exact) mass is 271 g/mol. The fourth-order valence-electron chi connectivity index (χ4n) is 3.24. The van der Waals surface area contributed by atoms with Crippen LogP contribution in [0.25, 0.3) is 27.4 Å². The summed E-state index contributed by atoms with van der Waals surface area (Å²) in [6.07, 6.45) is 0. The van der Waals surface area contributed by atoms with Crippen molar-refractivity contribution in [3.63, 3.8) is 0 Å². The van der Waals surface area contributed by atoms with Gasteiger partial charge in [0.1, 0.15) is 0 Å². The van der Waals surface area contributed by atoms with E-state index in [2.05, 4.69) is 85.1 Å². The van der Waals surface area contributed by atoms with Crippen molar-refractivity contribution in [2.45, 2.75) is 13.8 Å². The molecule has 1 heterocycles. The van der Waals surface area contributed by atoms with E-state index in [9.17, 15) is 0 Å². The van der Waals surface area contributed by atoms with Crippen molar-refractivity contribution in [2.24, 2.45) is 0 Å². The number of hydrogen-bond donors (Lipinski definition) is 0. The van der Waals surface area contributed by atoms with Gasteiger partial charge in [0.25, 0.3) is 0 Å². The molecule has 102 valence electrons. The van der Waals surface area contributed by atoms with E-state index < -0.39 is 0 Å². The number of fused-ring (bicyclic) bond motifs is 2. The Morgan fingerprint density at radius 1 is 0.667 bits per heavy atom. The van der Waals surface area contributed by atoms with Crippen molar-refractivity contribution in [3.05, 3.63) is 78.0 Å². The van der Waals surface area contributed by atoms with Crippen LogP contribution >= 0.6 is 0 Å². The lowest BCUT2D eigenvalue weighted by Crippen LogP contribution is -1.97. The van der Waals surface area contributed by atoms with E-state index in [0.717, 1.165) is 0 Å². The molecule has 1 heteroatoms. The predicted octanol–water partition coefficient (Wildman–Crippen LogP) is 5.40. The average Bonchev–Trinajstić information content (AvgIpc) is 2.79. The highest BCUT2D eigenvalue weighted by Gasteiger charge is 2.13. The smallest absolute Gasteiger partial charge is 0.0537 e. The highest BCUT2D eigenvalue weighted by molar-refractivity contribution is 5.94. The molecule has 0 spiro atoms. The number of nitrogens with zero attached hydrogens (tertiary/aromatic N) is 1. The average molecular weight is 271 g/mol. The summed E-state index contributed by atoms with van der Waals surface area (Å²) in [4.78, 5) is 0. The molecule has 0 aliphatic heterocycles. The van der Waals surface area contributed by atoms with Crippen LogP contribution in [0.1, 0.15) is 11.3 Å². The Balaban J connectivity index is 2.17. The van der Waals surface area contributed by atoms with Crippen molar-refractivity contribution >= 4 is 21.7 Å². The van der Waals surface area contributed by atoms with Gasteiger partial charge in [0.15, 0.2) is 0 Å². The zero-order valence-corrected chi connectivity index (χ0v) is 12.3. The van der Waals surface area contributed by atoms with Crippen molar-refractivity contribution in [2.75, 3.05) is 0 Å². The van der Waals surface area contributed by atoms with Gasteiger partial charge in [0.2, 0.25) is 0 Å². The van der Waals surface area contributed by atoms with E-state index in [1.165, 1.54) is 38.6 Å². The molecular weight excluding hydrogens is 254 g/mol. The first-order valence-corrected chi connectivity index (χ1v) is 7.32. The SMILES string of the molecule is Cc1c(C)n(-c2cccc3ccccc23)c2ccccc12. The Kier molecular flexibility index (Phi) is 2.61. The second-order valence-electron chi connectivity index (χ2n) is 5.56. The van der Waals surface area contributed by atoms with Gasteiger partial charge < -0.3 is 4.57 Å². The van der Waals surface area contributed by atoms with E-state index in [0.29, 0.717) is 0 Å². The number of aromatic nitrogens is 1. The molecule has 0 radical (unpaired) electrons. The highest BCUT2D eigenvalue weighted by atomic mass is 15.0. The number of rotatable bonds is 1. The molecule has 0 amide bonds. The number of para-hydroxylation sites is 1. The second kappa shape index (κ2) is 4.49. The molecule has 4 rings (SSSR count). The minimum Gasteiger partial charge on any atom is -0.313 e. The third kappa shape index (κ3) is 1.71. The van der Waals surface area contributed by atoms with Crippen LogP contribution in [0, 0.1) is 13.8 Å². The predicted molar refractivity (Wildman–Crippen MR) is 90.3 cm³/mol. The molecule has 0 aliphatic rings. The molecule has 1 aromatic heterocycles. The summed E-state index contributed by atoms with van der Waals surface area (Å²) >= 11 is 0. The third-order valence-electron chi connectivity index (χ3n) is 4.43. The quantitative estimate of drug-likeness (QED) is 0.437. The fraction of sp³-hybridized carbons (Fsp3) is 0.100. The first kappa shape index (κ1) is 12.2. The summed E-state index contributed by atoms with van der Waals surface area (Å²) in [6, 6.07) is 23.7. The molecule has 4 aromatic rings. The van der Waals surface area contributed by atoms with Gasteiger partial charge in [0.05, 0.1) is 11.2 Å². The van der Waals surface area contributed by atoms with Gasteiger partial charge in [-0.1, -0.05) is 54.6 Å². The van der Waals surface area contributed by atoms with Crippen molar-refractivity contribution in [1.82, 2.24) is 4.57 Å². The topological polar surface area (TPSA) is 4.93 Å². The molecule has 1 nitrogen and oxygen atoms in total. The summed E-state index contributed by atoms with van der Waals surface area (Å²) in [5, 5.41) is 3.91. The number of aryl methyl sites for hydroxylation is 1. The van der Waals surface area contributed by atoms with Gasteiger partial charge in [-0.3, -0.25) is 0 Å². The first-order valence-electron chi connectivity index (χ1n) is 7.32. The Labute approximate surface area is 124 Å². The maximum Gasteiger partial charge on any atom is 0.0537 e. The Morgan fingerprint density at radius 2 is 1.33 bits per heavy atom. The van der Waals surface area contributed by atoms with Crippen LogP contribution in [0.4, 0.5) is 0 Å². The van der Waals surface area contributed by atoms with Crippen LogP contribution in [0.5, 0.6) is 0 Å². The maximum atomic E-state index is 2.38. The van der Waals surface area contributed by atoms with Crippen LogP contribution in [-0.2, 0) is 0 Å². The van der Waals surface area contributed by atoms with Gasteiger partial charge in [-0.2, -0.15) is 0 Å². The summed E-state index contributed by atoms with van der Waals surface area (Å²) in [5.41, 5.74) is 5.21. The van der Waals surface area contributed by atoms with Crippen LogP contribution < -0.4 is 0 Å². The summed E-state index contributed by atoms with van der Waals surface area (Å²) < 4.78 is 2.38. The molecular formula is C20H17N. The lowest BCUT2D eigenvalue weighted by atomic mass is 10.1. The molecule has 3 aromatic carbocycles. The van der Waals surface area contributed by atoms with E-state index in [-0.39, 0.29) is 0 Å². The normalized spacial score (nSPS) is 11.3. The Bertz CT molecular complexity index is 955. The first-order chi connectivity index (χ1) is 10.3. The lowest BCUT2D eigenvalue weighted by Gasteiger charge is -2.12. The van der Waals surface area contributed by atoms with E-state index >= 15 is 0 Å². The maximum absolute atomic E-state index is 2.38. The van der Waals surface area contributed by atoms with E-state index in [4.69, 9.17) is 0 Å². The molecule has 0 unspecified atom stereocenters. The van der Waals surface area contributed by atoms with Gasteiger partial charge in [-0.15, -0.1) is 0 Å². The summed E-state index contributed by atoms with van der Waals surface area (Å²) in [5.74, 6) is 0. The number of hydrogen-bond acceptors (Lipinski definition) is 0. The van der Waals surface area contributed by atoms with Gasteiger partial charge >= 0.3 is 0 Å². The zero-order chi connectivity index (χ0) is 14.4. The minimum absolute atomic E-state index is 1.26. The standard InChI is InChI=1S/C20H17N/c1-14-15(2)21(19-12-6-5-10-17(14)19)20-13-7-9-16-8-3-4-11-18(16)20/h3-13H,1-2H3. The Morgan fingerprint density at radius 3 is 2.19 bits per heavy atom. The van der Waals surface area contributed by atoms with Crippen molar-refractivity contribution in [3.8, 4) is 5.69 Å². The van der Waals surface area contributed by atoms with Crippen LogP contribution in [0.2, 0.25) is 0 Å². The lowest BCUT2D eigenvalue weighted by molar-refractivity contribution is 1.05. The van der Waals surface area contributed by atoms with Crippen molar-refractivity contribution < 1.29 is 0 Å². The molecule has 0 saturated carbocycles. The molecule has 21 heavy (non-hydrogen) atoms. The summed E-state index contributed by atoms with van der Waals surface area (Å²) in [6.45, 7) is 4.41.